The Balaban J connectivity index is 1.52. The van der Waals surface area contributed by atoms with Gasteiger partial charge in [-0.15, -0.1) is 0 Å². The van der Waals surface area contributed by atoms with Crippen molar-refractivity contribution in [3.8, 4) is 11.5 Å². The summed E-state index contributed by atoms with van der Waals surface area (Å²) < 4.78 is 10.7. The summed E-state index contributed by atoms with van der Waals surface area (Å²) in [7, 11) is 1.68. The Hall–Kier alpha value is -2.34. The first-order chi connectivity index (χ1) is 14.7. The minimum Gasteiger partial charge on any atom is -0.497 e. The van der Waals surface area contributed by atoms with Gasteiger partial charge in [0.05, 0.1) is 13.7 Å². The molecule has 5 nitrogen and oxygen atoms in total. The third-order valence-corrected chi connectivity index (χ3v) is 5.56. The first-order valence-corrected chi connectivity index (χ1v) is 10.8. The van der Waals surface area contributed by atoms with Gasteiger partial charge in [-0.3, -0.25) is 9.80 Å². The lowest BCUT2D eigenvalue weighted by Crippen LogP contribution is -2.52. The van der Waals surface area contributed by atoms with Crippen LogP contribution in [0, 0.1) is 0 Å². The minimum absolute atomic E-state index is 0.222. The highest BCUT2D eigenvalue weighted by atomic mass is 16.5. The number of piperazine rings is 1. The van der Waals surface area contributed by atoms with Crippen LogP contribution >= 0.6 is 0 Å². The molecule has 1 fully saturated rings. The zero-order chi connectivity index (χ0) is 21.2. The number of methoxy groups -OCH3 is 1. The predicted octanol–water partition coefficient (Wildman–Crippen LogP) is 3.68. The van der Waals surface area contributed by atoms with Crippen LogP contribution in [-0.2, 0) is 6.54 Å². The molecule has 1 saturated heterocycles. The van der Waals surface area contributed by atoms with Gasteiger partial charge in [-0.05, 0) is 48.7 Å². The third kappa shape index (κ3) is 6.59. The first-order valence-electron chi connectivity index (χ1n) is 10.8. The van der Waals surface area contributed by atoms with Crippen LogP contribution in [0.25, 0.3) is 6.08 Å². The molecule has 1 aliphatic heterocycles. The van der Waals surface area contributed by atoms with E-state index < -0.39 is 0 Å². The van der Waals surface area contributed by atoms with E-state index in [0.29, 0.717) is 12.6 Å². The van der Waals surface area contributed by atoms with E-state index in [0.717, 1.165) is 50.6 Å². The molecule has 2 aromatic carbocycles. The van der Waals surface area contributed by atoms with Gasteiger partial charge >= 0.3 is 0 Å². The Bertz CT molecular complexity index is 774. The molecular formula is C25H34N2O3. The number of rotatable bonds is 10. The topological polar surface area (TPSA) is 45.2 Å². The Morgan fingerprint density at radius 1 is 1.03 bits per heavy atom. The van der Waals surface area contributed by atoms with Crippen LogP contribution in [0.1, 0.15) is 24.5 Å². The van der Waals surface area contributed by atoms with Crippen molar-refractivity contribution in [2.24, 2.45) is 0 Å². The number of hydrogen-bond donors (Lipinski definition) is 1. The molecule has 0 saturated carbocycles. The lowest BCUT2D eigenvalue weighted by atomic mass is 10.1. The van der Waals surface area contributed by atoms with Gasteiger partial charge in [0, 0.05) is 45.4 Å². The molecule has 0 aromatic heterocycles. The van der Waals surface area contributed by atoms with E-state index in [2.05, 4.69) is 46.2 Å². The molecule has 0 radical (unpaired) electrons. The van der Waals surface area contributed by atoms with Gasteiger partial charge in [0.1, 0.15) is 11.5 Å². The fraction of sp³-hybridized carbons (Fsp3) is 0.440. The highest BCUT2D eigenvalue weighted by Gasteiger charge is 2.26. The van der Waals surface area contributed by atoms with Gasteiger partial charge in [-0.25, -0.2) is 0 Å². The first kappa shape index (κ1) is 22.3. The summed E-state index contributed by atoms with van der Waals surface area (Å²) in [5, 5.41) is 9.57. The van der Waals surface area contributed by atoms with Crippen molar-refractivity contribution < 1.29 is 14.6 Å². The Morgan fingerprint density at radius 2 is 1.77 bits per heavy atom. The summed E-state index contributed by atoms with van der Waals surface area (Å²) in [4.78, 5) is 4.96. The molecule has 0 aliphatic carbocycles. The molecule has 3 rings (SSSR count). The quantitative estimate of drug-likeness (QED) is 0.647. The van der Waals surface area contributed by atoms with E-state index in [1.165, 1.54) is 11.1 Å². The summed E-state index contributed by atoms with van der Waals surface area (Å²) in [6.07, 6.45) is 5.18. The molecule has 5 heteroatoms. The van der Waals surface area contributed by atoms with Crippen molar-refractivity contribution in [2.45, 2.75) is 25.9 Å². The van der Waals surface area contributed by atoms with Gasteiger partial charge in [-0.2, -0.15) is 0 Å². The zero-order valence-corrected chi connectivity index (χ0v) is 18.2. The van der Waals surface area contributed by atoms with E-state index in [1.54, 1.807) is 7.11 Å². The van der Waals surface area contributed by atoms with Crippen LogP contribution < -0.4 is 9.47 Å². The van der Waals surface area contributed by atoms with Crippen LogP contribution in [0.4, 0.5) is 0 Å². The van der Waals surface area contributed by atoms with Crippen molar-refractivity contribution in [1.29, 1.82) is 0 Å². The van der Waals surface area contributed by atoms with E-state index in [1.807, 2.05) is 31.2 Å². The lowest BCUT2D eigenvalue weighted by Gasteiger charge is -2.41. The molecule has 30 heavy (non-hydrogen) atoms. The number of benzene rings is 2. The fourth-order valence-electron chi connectivity index (χ4n) is 3.90. The van der Waals surface area contributed by atoms with Crippen molar-refractivity contribution >= 4 is 6.08 Å². The summed E-state index contributed by atoms with van der Waals surface area (Å²) in [6.45, 7) is 7.76. The van der Waals surface area contributed by atoms with Gasteiger partial charge in [0.2, 0.25) is 0 Å². The SMILES string of the molecule is CCOc1ccc(CN2CCN(C/C=C/c3ccc(OC)cc3)C[C@@H]2CCO)cc1. The maximum Gasteiger partial charge on any atom is 0.119 e. The van der Waals surface area contributed by atoms with E-state index in [9.17, 15) is 5.11 Å². The van der Waals surface area contributed by atoms with E-state index in [4.69, 9.17) is 9.47 Å². The molecule has 0 bridgehead atoms. The van der Waals surface area contributed by atoms with E-state index >= 15 is 0 Å². The van der Waals surface area contributed by atoms with Gasteiger partial charge in [-0.1, -0.05) is 36.4 Å². The van der Waals surface area contributed by atoms with Gasteiger partial charge in [0.15, 0.2) is 0 Å². The van der Waals surface area contributed by atoms with Crippen molar-refractivity contribution in [3.63, 3.8) is 0 Å². The molecule has 0 amide bonds. The summed E-state index contributed by atoms with van der Waals surface area (Å²) in [6, 6.07) is 16.8. The highest BCUT2D eigenvalue weighted by molar-refractivity contribution is 5.50. The molecule has 1 aliphatic rings. The zero-order valence-electron chi connectivity index (χ0n) is 18.2. The molecule has 1 N–H and O–H groups in total. The third-order valence-electron chi connectivity index (χ3n) is 5.56. The molecule has 2 aromatic rings. The molecule has 162 valence electrons. The molecule has 0 unspecified atom stereocenters. The van der Waals surface area contributed by atoms with Crippen LogP contribution in [0.15, 0.2) is 54.6 Å². The molecular weight excluding hydrogens is 376 g/mol. The number of hydrogen-bond acceptors (Lipinski definition) is 5. The lowest BCUT2D eigenvalue weighted by molar-refractivity contribution is 0.0597. The highest BCUT2D eigenvalue weighted by Crippen LogP contribution is 2.19. The molecule has 1 atom stereocenters. The number of ether oxygens (including phenoxy) is 2. The fourth-order valence-corrected chi connectivity index (χ4v) is 3.90. The van der Waals surface area contributed by atoms with Gasteiger partial charge < -0.3 is 14.6 Å². The predicted molar refractivity (Wildman–Crippen MR) is 122 cm³/mol. The van der Waals surface area contributed by atoms with Crippen molar-refractivity contribution in [1.82, 2.24) is 9.80 Å². The van der Waals surface area contributed by atoms with Crippen LogP contribution in [0.3, 0.4) is 0 Å². The summed E-state index contributed by atoms with van der Waals surface area (Å²) >= 11 is 0. The molecule has 1 heterocycles. The second-order valence-corrected chi connectivity index (χ2v) is 7.65. The standard InChI is InChI=1S/C25H34N2O3/c1-3-30-25-12-8-22(9-13-25)19-27-17-16-26(20-23(27)14-18-28)15-4-5-21-6-10-24(29-2)11-7-21/h4-13,23,28H,3,14-20H2,1-2H3/b5-4+/t23-/m0/s1. The minimum atomic E-state index is 0.222. The number of aliphatic hydroxyl groups excluding tert-OH is 1. The Morgan fingerprint density at radius 3 is 2.43 bits per heavy atom. The summed E-state index contributed by atoms with van der Waals surface area (Å²) in [5.41, 5.74) is 2.46. The van der Waals surface area contributed by atoms with Crippen LogP contribution in [0.2, 0.25) is 0 Å². The molecule has 0 spiro atoms. The number of aliphatic hydroxyl groups is 1. The maximum absolute atomic E-state index is 9.57. The van der Waals surface area contributed by atoms with Crippen LogP contribution in [-0.4, -0.2) is 67.5 Å². The summed E-state index contributed by atoms with van der Waals surface area (Å²) in [5.74, 6) is 1.80. The Kier molecular flexibility index (Phi) is 8.75. The monoisotopic (exact) mass is 410 g/mol. The second-order valence-electron chi connectivity index (χ2n) is 7.65. The number of nitrogens with zero attached hydrogens (tertiary/aromatic N) is 2. The maximum atomic E-state index is 9.57. The van der Waals surface area contributed by atoms with E-state index in [-0.39, 0.29) is 6.61 Å². The normalized spacial score (nSPS) is 18.0. The smallest absolute Gasteiger partial charge is 0.119 e. The van der Waals surface area contributed by atoms with Crippen molar-refractivity contribution in [3.05, 3.63) is 65.7 Å². The largest absolute Gasteiger partial charge is 0.497 e. The Labute approximate surface area is 180 Å². The average Bonchev–Trinajstić information content (AvgIpc) is 2.77. The van der Waals surface area contributed by atoms with Crippen molar-refractivity contribution in [2.75, 3.05) is 46.5 Å². The van der Waals surface area contributed by atoms with Gasteiger partial charge in [0.25, 0.3) is 0 Å². The average molecular weight is 411 g/mol. The second kappa shape index (κ2) is 11.7. The van der Waals surface area contributed by atoms with Crippen LogP contribution in [0.5, 0.6) is 11.5 Å².